The molecule has 0 bridgehead atoms. The fourth-order valence-corrected chi connectivity index (χ4v) is 3.04. The van der Waals surface area contributed by atoms with Crippen LogP contribution in [0.3, 0.4) is 0 Å². The molecule has 1 spiro atoms. The van der Waals surface area contributed by atoms with E-state index < -0.39 is 0 Å². The van der Waals surface area contributed by atoms with Gasteiger partial charge in [-0.05, 0) is 38.1 Å². The first kappa shape index (κ1) is 12.0. The summed E-state index contributed by atoms with van der Waals surface area (Å²) in [5.74, 6) is 0.638. The molecular formula is C14H26N2. The Balaban J connectivity index is 1.94. The van der Waals surface area contributed by atoms with Crippen LogP contribution < -0.4 is 5.32 Å². The van der Waals surface area contributed by atoms with Gasteiger partial charge in [-0.1, -0.05) is 26.8 Å². The summed E-state index contributed by atoms with van der Waals surface area (Å²) in [5.41, 5.74) is 1.78. The van der Waals surface area contributed by atoms with Crippen molar-refractivity contribution in [3.63, 3.8) is 0 Å². The molecule has 0 aromatic heterocycles. The van der Waals surface area contributed by atoms with Gasteiger partial charge in [-0.3, -0.25) is 0 Å². The van der Waals surface area contributed by atoms with Gasteiger partial charge in [0.05, 0.1) is 0 Å². The standard InChI is InChI=1S/C14H26N2/c1-4-12(2)13(3)16-10-8-14(11-16)7-5-6-9-15-14/h12,15H,3-11H2,1-2H3. The van der Waals surface area contributed by atoms with Crippen LogP contribution in [0.4, 0.5) is 0 Å². The van der Waals surface area contributed by atoms with Gasteiger partial charge in [0.25, 0.3) is 0 Å². The Morgan fingerprint density at radius 3 is 2.88 bits per heavy atom. The first-order valence-corrected chi connectivity index (χ1v) is 6.86. The monoisotopic (exact) mass is 222 g/mol. The summed E-state index contributed by atoms with van der Waals surface area (Å²) >= 11 is 0. The lowest BCUT2D eigenvalue weighted by Crippen LogP contribution is -2.50. The van der Waals surface area contributed by atoms with E-state index in [1.54, 1.807) is 0 Å². The third kappa shape index (κ3) is 2.27. The molecule has 0 aromatic rings. The van der Waals surface area contributed by atoms with Gasteiger partial charge in [0.2, 0.25) is 0 Å². The fraction of sp³-hybridized carbons (Fsp3) is 0.857. The minimum absolute atomic E-state index is 0.425. The van der Waals surface area contributed by atoms with Gasteiger partial charge in [-0.15, -0.1) is 0 Å². The second-order valence-electron chi connectivity index (χ2n) is 5.64. The van der Waals surface area contributed by atoms with Crippen LogP contribution in [0.1, 0.15) is 46.0 Å². The van der Waals surface area contributed by atoms with E-state index in [0.717, 1.165) is 0 Å². The highest BCUT2D eigenvalue weighted by molar-refractivity contribution is 5.08. The minimum Gasteiger partial charge on any atom is -0.373 e. The number of rotatable bonds is 3. The Morgan fingerprint density at radius 1 is 1.44 bits per heavy atom. The molecule has 0 aliphatic carbocycles. The van der Waals surface area contributed by atoms with Crippen molar-refractivity contribution in [2.75, 3.05) is 19.6 Å². The molecule has 1 N–H and O–H groups in total. The van der Waals surface area contributed by atoms with E-state index in [4.69, 9.17) is 0 Å². The van der Waals surface area contributed by atoms with Gasteiger partial charge >= 0.3 is 0 Å². The summed E-state index contributed by atoms with van der Waals surface area (Å²) in [6.07, 6.45) is 6.63. The average Bonchev–Trinajstić information content (AvgIpc) is 2.72. The molecule has 16 heavy (non-hydrogen) atoms. The lowest BCUT2D eigenvalue weighted by Gasteiger charge is -2.35. The number of nitrogens with one attached hydrogen (secondary N) is 1. The number of likely N-dealkylation sites (tertiary alicyclic amines) is 1. The zero-order chi connectivity index (χ0) is 11.6. The van der Waals surface area contributed by atoms with Crippen LogP contribution in [0.2, 0.25) is 0 Å². The fourth-order valence-electron chi connectivity index (χ4n) is 3.04. The smallest absolute Gasteiger partial charge is 0.0374 e. The number of hydrogen-bond donors (Lipinski definition) is 1. The molecule has 0 saturated carbocycles. The van der Waals surface area contributed by atoms with Crippen LogP contribution in [-0.2, 0) is 0 Å². The summed E-state index contributed by atoms with van der Waals surface area (Å²) in [6, 6.07) is 0. The second kappa shape index (κ2) is 4.79. The summed E-state index contributed by atoms with van der Waals surface area (Å²) in [6.45, 7) is 12.4. The normalized spacial score (nSPS) is 32.0. The third-order valence-corrected chi connectivity index (χ3v) is 4.52. The highest BCUT2D eigenvalue weighted by atomic mass is 15.2. The van der Waals surface area contributed by atoms with E-state index in [-0.39, 0.29) is 0 Å². The first-order chi connectivity index (χ1) is 7.67. The van der Waals surface area contributed by atoms with E-state index in [0.29, 0.717) is 11.5 Å². The van der Waals surface area contributed by atoms with Crippen molar-refractivity contribution in [2.45, 2.75) is 51.5 Å². The predicted molar refractivity (Wildman–Crippen MR) is 69.4 cm³/mol. The molecule has 2 fully saturated rings. The predicted octanol–water partition coefficient (Wildman–Crippen LogP) is 2.76. The number of piperidine rings is 1. The molecule has 0 radical (unpaired) electrons. The van der Waals surface area contributed by atoms with E-state index in [1.807, 2.05) is 0 Å². The van der Waals surface area contributed by atoms with Gasteiger partial charge in [0, 0.05) is 24.3 Å². The van der Waals surface area contributed by atoms with E-state index in [9.17, 15) is 0 Å². The van der Waals surface area contributed by atoms with Gasteiger partial charge in [0.1, 0.15) is 0 Å². The topological polar surface area (TPSA) is 15.3 Å². The summed E-state index contributed by atoms with van der Waals surface area (Å²) in [7, 11) is 0. The first-order valence-electron chi connectivity index (χ1n) is 6.86. The van der Waals surface area contributed by atoms with Crippen LogP contribution >= 0.6 is 0 Å². The van der Waals surface area contributed by atoms with Gasteiger partial charge in [-0.25, -0.2) is 0 Å². The van der Waals surface area contributed by atoms with E-state index in [1.165, 1.54) is 57.4 Å². The molecule has 2 aliphatic rings. The Labute approximate surface area is 100 Å². The molecule has 2 rings (SSSR count). The minimum atomic E-state index is 0.425. The Morgan fingerprint density at radius 2 is 2.25 bits per heavy atom. The molecular weight excluding hydrogens is 196 g/mol. The third-order valence-electron chi connectivity index (χ3n) is 4.52. The lowest BCUT2D eigenvalue weighted by atomic mass is 9.88. The number of hydrogen-bond acceptors (Lipinski definition) is 2. The molecule has 2 heterocycles. The maximum absolute atomic E-state index is 4.28. The summed E-state index contributed by atoms with van der Waals surface area (Å²) < 4.78 is 0. The van der Waals surface area contributed by atoms with Crippen molar-refractivity contribution in [3.05, 3.63) is 12.3 Å². The quantitative estimate of drug-likeness (QED) is 0.790. The molecule has 2 heteroatoms. The Hall–Kier alpha value is -0.500. The summed E-state index contributed by atoms with van der Waals surface area (Å²) in [5, 5.41) is 3.75. The molecule has 2 saturated heterocycles. The Bertz CT molecular complexity index is 253. The maximum atomic E-state index is 4.28. The average molecular weight is 222 g/mol. The van der Waals surface area contributed by atoms with Crippen LogP contribution in [0, 0.1) is 5.92 Å². The van der Waals surface area contributed by atoms with Crippen LogP contribution in [0.25, 0.3) is 0 Å². The Kier molecular flexibility index (Phi) is 3.58. The summed E-state index contributed by atoms with van der Waals surface area (Å²) in [4.78, 5) is 2.52. The molecule has 2 unspecified atom stereocenters. The van der Waals surface area contributed by atoms with E-state index >= 15 is 0 Å². The van der Waals surface area contributed by atoms with Gasteiger partial charge in [-0.2, -0.15) is 0 Å². The molecule has 2 aliphatic heterocycles. The van der Waals surface area contributed by atoms with Crippen molar-refractivity contribution in [2.24, 2.45) is 5.92 Å². The second-order valence-corrected chi connectivity index (χ2v) is 5.64. The molecule has 2 atom stereocenters. The SMILES string of the molecule is C=C(C(C)CC)N1CCC2(CCCCN2)C1. The highest BCUT2D eigenvalue weighted by Gasteiger charge is 2.39. The van der Waals surface area contributed by atoms with Gasteiger partial charge in [0.15, 0.2) is 0 Å². The van der Waals surface area contributed by atoms with Crippen LogP contribution in [0.15, 0.2) is 12.3 Å². The highest BCUT2D eigenvalue weighted by Crippen LogP contribution is 2.33. The maximum Gasteiger partial charge on any atom is 0.0374 e. The molecule has 2 nitrogen and oxygen atoms in total. The van der Waals surface area contributed by atoms with Crippen molar-refractivity contribution in [1.82, 2.24) is 10.2 Å². The molecule has 92 valence electrons. The zero-order valence-corrected chi connectivity index (χ0v) is 10.9. The van der Waals surface area contributed by atoms with E-state index in [2.05, 4.69) is 30.6 Å². The molecule has 0 aromatic carbocycles. The van der Waals surface area contributed by atoms with Crippen molar-refractivity contribution >= 4 is 0 Å². The van der Waals surface area contributed by atoms with Gasteiger partial charge < -0.3 is 10.2 Å². The zero-order valence-electron chi connectivity index (χ0n) is 10.9. The van der Waals surface area contributed by atoms with Crippen LogP contribution in [0.5, 0.6) is 0 Å². The van der Waals surface area contributed by atoms with Crippen molar-refractivity contribution < 1.29 is 0 Å². The number of nitrogens with zero attached hydrogens (tertiary/aromatic N) is 1. The van der Waals surface area contributed by atoms with Crippen molar-refractivity contribution in [1.29, 1.82) is 0 Å². The van der Waals surface area contributed by atoms with Crippen molar-refractivity contribution in [3.8, 4) is 0 Å². The number of allylic oxidation sites excluding steroid dienone is 1. The largest absolute Gasteiger partial charge is 0.373 e. The van der Waals surface area contributed by atoms with Crippen LogP contribution in [-0.4, -0.2) is 30.1 Å². The molecule has 0 amide bonds. The lowest BCUT2D eigenvalue weighted by molar-refractivity contribution is 0.248.